The average molecular weight is 304 g/mol. The highest BCUT2D eigenvalue weighted by atomic mass is 32.1. The van der Waals surface area contributed by atoms with Gasteiger partial charge in [-0.25, -0.2) is 0 Å². The molecule has 2 N–H and O–H groups in total. The minimum atomic E-state index is -0.311. The summed E-state index contributed by atoms with van der Waals surface area (Å²) >= 11 is 1.68. The van der Waals surface area contributed by atoms with Crippen LogP contribution in [0.15, 0.2) is 34.1 Å². The Labute approximate surface area is 128 Å². The Balaban J connectivity index is 1.65. The molecule has 3 rings (SSSR count). The summed E-state index contributed by atoms with van der Waals surface area (Å²) < 4.78 is 5.92. The zero-order chi connectivity index (χ0) is 14.8. The van der Waals surface area contributed by atoms with Crippen LogP contribution in [0, 0.1) is 5.92 Å². The molecule has 1 aliphatic rings. The molecule has 0 unspecified atom stereocenters. The van der Waals surface area contributed by atoms with Crippen LogP contribution in [-0.4, -0.2) is 17.4 Å². The predicted octanol–water partition coefficient (Wildman–Crippen LogP) is 2.95. The molecule has 0 aliphatic heterocycles. The van der Waals surface area contributed by atoms with E-state index < -0.39 is 0 Å². The summed E-state index contributed by atoms with van der Waals surface area (Å²) in [5, 5.41) is 2.04. The number of hydrogen-bond donors (Lipinski definition) is 1. The van der Waals surface area contributed by atoms with Gasteiger partial charge in [0.05, 0.1) is 13.1 Å². The summed E-state index contributed by atoms with van der Waals surface area (Å²) in [5.41, 5.74) is 5.35. The number of nitrogens with zero attached hydrogens (tertiary/aromatic N) is 1. The van der Waals surface area contributed by atoms with Gasteiger partial charge in [-0.05, 0) is 35.9 Å². The van der Waals surface area contributed by atoms with Gasteiger partial charge in [0.25, 0.3) is 0 Å². The van der Waals surface area contributed by atoms with Crippen LogP contribution in [0.3, 0.4) is 0 Å². The fourth-order valence-corrected chi connectivity index (χ4v) is 3.37. The zero-order valence-corrected chi connectivity index (χ0v) is 12.9. The van der Waals surface area contributed by atoms with Crippen molar-refractivity contribution in [1.82, 2.24) is 4.90 Å². The van der Waals surface area contributed by atoms with Crippen molar-refractivity contribution in [2.75, 3.05) is 6.54 Å². The first-order valence-corrected chi connectivity index (χ1v) is 8.11. The van der Waals surface area contributed by atoms with Crippen LogP contribution in [0.1, 0.15) is 35.7 Å². The molecular weight excluding hydrogens is 284 g/mol. The maximum absolute atomic E-state index is 11.2. The summed E-state index contributed by atoms with van der Waals surface area (Å²) in [7, 11) is 0. The van der Waals surface area contributed by atoms with E-state index in [1.54, 1.807) is 11.3 Å². The van der Waals surface area contributed by atoms with E-state index in [4.69, 9.17) is 10.2 Å². The Kier molecular flexibility index (Phi) is 4.12. The number of furan rings is 1. The summed E-state index contributed by atoms with van der Waals surface area (Å²) in [6.45, 7) is 3.81. The van der Waals surface area contributed by atoms with E-state index in [-0.39, 0.29) is 12.5 Å². The molecule has 1 saturated carbocycles. The first kappa shape index (κ1) is 14.4. The third-order valence-corrected chi connectivity index (χ3v) is 4.74. The number of hydrogen-bond acceptors (Lipinski definition) is 4. The highest BCUT2D eigenvalue weighted by molar-refractivity contribution is 7.09. The van der Waals surface area contributed by atoms with Crippen LogP contribution >= 0.6 is 11.3 Å². The normalized spacial score (nSPS) is 20.9. The van der Waals surface area contributed by atoms with Crippen molar-refractivity contribution >= 4 is 17.2 Å². The fourth-order valence-electron chi connectivity index (χ4n) is 2.63. The summed E-state index contributed by atoms with van der Waals surface area (Å²) in [4.78, 5) is 14.5. The largest absolute Gasteiger partial charge is 0.464 e. The molecule has 0 radical (unpaired) electrons. The van der Waals surface area contributed by atoms with Crippen molar-refractivity contribution in [3.05, 3.63) is 46.0 Å². The lowest BCUT2D eigenvalue weighted by Crippen LogP contribution is -2.32. The molecule has 2 heterocycles. The second-order valence-electron chi connectivity index (χ2n) is 5.81. The van der Waals surface area contributed by atoms with Gasteiger partial charge in [-0.15, -0.1) is 11.3 Å². The lowest BCUT2D eigenvalue weighted by Gasteiger charge is -2.18. The minimum absolute atomic E-state index is 0.244. The van der Waals surface area contributed by atoms with E-state index in [9.17, 15) is 4.79 Å². The van der Waals surface area contributed by atoms with Crippen LogP contribution < -0.4 is 5.73 Å². The van der Waals surface area contributed by atoms with Crippen LogP contribution in [0.25, 0.3) is 0 Å². The van der Waals surface area contributed by atoms with Crippen molar-refractivity contribution in [2.45, 2.75) is 32.4 Å². The average Bonchev–Trinajstić information content (AvgIpc) is 2.84. The number of primary amides is 1. The van der Waals surface area contributed by atoms with Crippen LogP contribution in [0.5, 0.6) is 0 Å². The first-order valence-electron chi connectivity index (χ1n) is 7.23. The molecule has 0 aromatic carbocycles. The maximum atomic E-state index is 11.2. The molecule has 1 fully saturated rings. The number of thiophene rings is 1. The quantitative estimate of drug-likeness (QED) is 0.855. The number of carbonyl (C=O) groups excluding carboxylic acids is 1. The predicted molar refractivity (Wildman–Crippen MR) is 82.9 cm³/mol. The highest BCUT2D eigenvalue weighted by Crippen LogP contribution is 2.47. The third kappa shape index (κ3) is 3.74. The van der Waals surface area contributed by atoms with E-state index in [1.165, 1.54) is 11.3 Å². The third-order valence-electron chi connectivity index (χ3n) is 3.88. The second kappa shape index (κ2) is 6.03. The number of rotatable bonds is 7. The molecule has 0 spiro atoms. The topological polar surface area (TPSA) is 59.5 Å². The molecule has 4 nitrogen and oxygen atoms in total. The van der Waals surface area contributed by atoms with E-state index in [2.05, 4.69) is 19.1 Å². The van der Waals surface area contributed by atoms with Gasteiger partial charge in [-0.1, -0.05) is 13.0 Å². The lowest BCUT2D eigenvalue weighted by molar-refractivity contribution is -0.119. The van der Waals surface area contributed by atoms with Gasteiger partial charge in [0.2, 0.25) is 5.91 Å². The number of amides is 1. The number of nitrogens with two attached hydrogens (primary N) is 1. The second-order valence-corrected chi connectivity index (χ2v) is 6.85. The molecule has 1 amide bonds. The Hall–Kier alpha value is -1.59. The molecule has 2 atom stereocenters. The molecule has 5 heteroatoms. The maximum Gasteiger partial charge on any atom is 0.231 e. The Morgan fingerprint density at radius 2 is 2.24 bits per heavy atom. The SMILES string of the molecule is C[C@H]1C[C@@H]1c1ccc(CN(CC(N)=O)Cc2cccs2)o1. The first-order chi connectivity index (χ1) is 10.1. The van der Waals surface area contributed by atoms with Gasteiger partial charge < -0.3 is 10.2 Å². The van der Waals surface area contributed by atoms with Crippen LogP contribution in [0.4, 0.5) is 0 Å². The summed E-state index contributed by atoms with van der Waals surface area (Å²) in [6.07, 6.45) is 1.22. The molecule has 2 aromatic rings. The summed E-state index contributed by atoms with van der Waals surface area (Å²) in [5.74, 6) is 2.99. The van der Waals surface area contributed by atoms with E-state index in [0.717, 1.165) is 24.0 Å². The fraction of sp³-hybridized carbons (Fsp3) is 0.438. The van der Waals surface area contributed by atoms with E-state index in [1.807, 2.05) is 22.4 Å². The molecule has 2 aromatic heterocycles. The van der Waals surface area contributed by atoms with Gasteiger partial charge >= 0.3 is 0 Å². The van der Waals surface area contributed by atoms with Crippen molar-refractivity contribution in [1.29, 1.82) is 0 Å². The van der Waals surface area contributed by atoms with Crippen LogP contribution in [0.2, 0.25) is 0 Å². The van der Waals surface area contributed by atoms with Crippen LogP contribution in [-0.2, 0) is 17.9 Å². The highest BCUT2D eigenvalue weighted by Gasteiger charge is 2.36. The smallest absolute Gasteiger partial charge is 0.231 e. The standard InChI is InChI=1S/C16H20N2O2S/c1-11-7-14(11)15-5-4-12(20-15)8-18(10-16(17)19)9-13-3-2-6-21-13/h2-6,11,14H,7-10H2,1H3,(H2,17,19)/t11-,14-/m0/s1. The van der Waals surface area contributed by atoms with Gasteiger partial charge in [0.1, 0.15) is 11.5 Å². The Bertz CT molecular complexity index is 606. The number of carbonyl (C=O) groups is 1. The molecule has 21 heavy (non-hydrogen) atoms. The van der Waals surface area contributed by atoms with Crippen molar-refractivity contribution in [3.63, 3.8) is 0 Å². The van der Waals surface area contributed by atoms with Gasteiger partial charge in [0, 0.05) is 17.3 Å². The Morgan fingerprint density at radius 1 is 1.43 bits per heavy atom. The van der Waals surface area contributed by atoms with E-state index in [0.29, 0.717) is 12.5 Å². The van der Waals surface area contributed by atoms with Gasteiger partial charge in [0.15, 0.2) is 0 Å². The molecule has 0 bridgehead atoms. The van der Waals surface area contributed by atoms with Gasteiger partial charge in [-0.2, -0.15) is 0 Å². The summed E-state index contributed by atoms with van der Waals surface area (Å²) in [6, 6.07) is 8.17. The van der Waals surface area contributed by atoms with Crippen molar-refractivity contribution < 1.29 is 9.21 Å². The monoisotopic (exact) mass is 304 g/mol. The zero-order valence-electron chi connectivity index (χ0n) is 12.1. The minimum Gasteiger partial charge on any atom is -0.464 e. The molecular formula is C16H20N2O2S. The molecule has 1 aliphatic carbocycles. The van der Waals surface area contributed by atoms with E-state index >= 15 is 0 Å². The Morgan fingerprint density at radius 3 is 2.86 bits per heavy atom. The van der Waals surface area contributed by atoms with Crippen molar-refractivity contribution in [3.8, 4) is 0 Å². The lowest BCUT2D eigenvalue weighted by atomic mass is 10.3. The molecule has 112 valence electrons. The van der Waals surface area contributed by atoms with Gasteiger partial charge in [-0.3, -0.25) is 9.69 Å². The van der Waals surface area contributed by atoms with Crippen molar-refractivity contribution in [2.24, 2.45) is 11.7 Å². The molecule has 0 saturated heterocycles.